The van der Waals surface area contributed by atoms with Gasteiger partial charge in [-0.2, -0.15) is 4.99 Å². The van der Waals surface area contributed by atoms with Gasteiger partial charge in [-0.15, -0.1) is 0 Å². The molecule has 0 atom stereocenters. The van der Waals surface area contributed by atoms with Crippen LogP contribution in [0.5, 0.6) is 0 Å². The minimum Gasteiger partial charge on any atom is -0.462 e. The maximum absolute atomic E-state index is 14.0. The first kappa shape index (κ1) is 21.8. The number of nitrogens with zero attached hydrogens (tertiary/aromatic N) is 2. The van der Waals surface area contributed by atoms with Crippen LogP contribution >= 0.6 is 11.3 Å². The third-order valence-electron chi connectivity index (χ3n) is 4.23. The van der Waals surface area contributed by atoms with Crippen molar-refractivity contribution in [1.82, 2.24) is 4.57 Å². The lowest BCUT2D eigenvalue weighted by Crippen LogP contribution is -2.20. The molecule has 0 unspecified atom stereocenters. The molecular weight excluding hydrogens is 414 g/mol. The van der Waals surface area contributed by atoms with E-state index in [0.29, 0.717) is 35.5 Å². The first-order valence-corrected chi connectivity index (χ1v) is 10.2. The first-order chi connectivity index (χ1) is 14.5. The predicted octanol–water partition coefficient (Wildman–Crippen LogP) is 3.94. The molecule has 30 heavy (non-hydrogen) atoms. The fourth-order valence-corrected chi connectivity index (χ4v) is 3.95. The predicted molar refractivity (Wildman–Crippen MR) is 109 cm³/mol. The highest BCUT2D eigenvalue weighted by Crippen LogP contribution is 2.21. The number of ether oxygens (including phenoxy) is 2. The van der Waals surface area contributed by atoms with Crippen LogP contribution in [0.2, 0.25) is 0 Å². The Bertz CT molecular complexity index is 1130. The van der Waals surface area contributed by atoms with Gasteiger partial charge in [-0.3, -0.25) is 4.79 Å². The third kappa shape index (κ3) is 4.63. The molecule has 0 aliphatic heterocycles. The Morgan fingerprint density at radius 3 is 2.50 bits per heavy atom. The largest absolute Gasteiger partial charge is 0.462 e. The minimum atomic E-state index is -1.02. The van der Waals surface area contributed by atoms with E-state index in [9.17, 15) is 18.4 Å². The highest BCUT2D eigenvalue weighted by molar-refractivity contribution is 7.16. The number of rotatable bonds is 7. The number of hydrogen-bond acceptors (Lipinski definition) is 5. The van der Waals surface area contributed by atoms with Crippen molar-refractivity contribution in [2.75, 3.05) is 19.8 Å². The molecule has 0 spiro atoms. The topological polar surface area (TPSA) is 69.9 Å². The van der Waals surface area contributed by atoms with E-state index in [2.05, 4.69) is 4.99 Å². The summed E-state index contributed by atoms with van der Waals surface area (Å²) < 4.78 is 40.8. The number of carbonyl (C=O) groups is 2. The smallest absolute Gasteiger partial charge is 0.338 e. The number of hydrogen-bond donors (Lipinski definition) is 0. The molecule has 0 radical (unpaired) electrons. The maximum Gasteiger partial charge on any atom is 0.338 e. The summed E-state index contributed by atoms with van der Waals surface area (Å²) in [6.45, 7) is 5.07. The molecule has 3 rings (SSSR count). The molecule has 158 valence electrons. The average Bonchev–Trinajstić information content (AvgIpc) is 3.04. The lowest BCUT2D eigenvalue weighted by molar-refractivity contribution is 0.0526. The zero-order chi connectivity index (χ0) is 21.7. The Hall–Kier alpha value is -2.91. The van der Waals surface area contributed by atoms with E-state index in [1.165, 1.54) is 6.07 Å². The van der Waals surface area contributed by atoms with Crippen LogP contribution in [-0.2, 0) is 16.0 Å². The van der Waals surface area contributed by atoms with Gasteiger partial charge in [0, 0.05) is 13.2 Å². The van der Waals surface area contributed by atoms with Gasteiger partial charge in [0.15, 0.2) is 4.80 Å². The fourth-order valence-electron chi connectivity index (χ4n) is 2.86. The van der Waals surface area contributed by atoms with Crippen molar-refractivity contribution in [3.05, 3.63) is 64.0 Å². The number of thiazole rings is 1. The van der Waals surface area contributed by atoms with E-state index in [4.69, 9.17) is 9.47 Å². The summed E-state index contributed by atoms with van der Waals surface area (Å²) in [6.07, 6.45) is 0. The quantitative estimate of drug-likeness (QED) is 0.417. The molecule has 0 aliphatic rings. The van der Waals surface area contributed by atoms with E-state index in [-0.39, 0.29) is 11.4 Å². The summed E-state index contributed by atoms with van der Waals surface area (Å²) >= 11 is 1.13. The second kappa shape index (κ2) is 9.73. The summed E-state index contributed by atoms with van der Waals surface area (Å²) in [7, 11) is 0. The van der Waals surface area contributed by atoms with Crippen molar-refractivity contribution in [3.8, 4) is 0 Å². The standard InChI is InChI=1S/C21H20F2N2O4S/c1-3-28-11-10-25-16-9-8-13(20(27)29-4-2)12-17(16)30-21(25)24-19(26)18-14(22)6-5-7-15(18)23/h5-9,12H,3-4,10-11H2,1-2H3. The Morgan fingerprint density at radius 1 is 1.10 bits per heavy atom. The summed E-state index contributed by atoms with van der Waals surface area (Å²) in [5, 5.41) is 0. The highest BCUT2D eigenvalue weighted by Gasteiger charge is 2.18. The number of fused-ring (bicyclic) bond motifs is 1. The van der Waals surface area contributed by atoms with Crippen molar-refractivity contribution >= 4 is 33.4 Å². The van der Waals surface area contributed by atoms with E-state index < -0.39 is 29.1 Å². The van der Waals surface area contributed by atoms with Gasteiger partial charge in [0.25, 0.3) is 5.91 Å². The summed E-state index contributed by atoms with van der Waals surface area (Å²) in [4.78, 5) is 28.8. The van der Waals surface area contributed by atoms with E-state index >= 15 is 0 Å². The Morgan fingerprint density at radius 2 is 1.83 bits per heavy atom. The number of esters is 1. The molecule has 6 nitrogen and oxygen atoms in total. The molecule has 0 bridgehead atoms. The third-order valence-corrected chi connectivity index (χ3v) is 5.27. The Kier molecular flexibility index (Phi) is 7.07. The average molecular weight is 434 g/mol. The fraction of sp³-hybridized carbons (Fsp3) is 0.286. The Balaban J connectivity index is 2.11. The van der Waals surface area contributed by atoms with Gasteiger partial charge in [0.2, 0.25) is 0 Å². The zero-order valence-corrected chi connectivity index (χ0v) is 17.3. The molecule has 0 saturated heterocycles. The highest BCUT2D eigenvalue weighted by atomic mass is 32.1. The Labute approximate surface area is 175 Å². The zero-order valence-electron chi connectivity index (χ0n) is 16.5. The van der Waals surface area contributed by atoms with Crippen LogP contribution in [0.4, 0.5) is 8.78 Å². The van der Waals surface area contributed by atoms with Crippen molar-refractivity contribution in [2.24, 2.45) is 4.99 Å². The summed E-state index contributed by atoms with van der Waals surface area (Å²) in [5.41, 5.74) is 0.368. The van der Waals surface area contributed by atoms with E-state index in [1.54, 1.807) is 29.7 Å². The molecule has 9 heteroatoms. The molecule has 2 aromatic carbocycles. The molecule has 0 N–H and O–H groups in total. The number of amides is 1. The number of benzene rings is 2. The molecule has 1 amide bonds. The maximum atomic E-state index is 14.0. The summed E-state index contributed by atoms with van der Waals surface area (Å²) in [6, 6.07) is 8.17. The SMILES string of the molecule is CCOCCn1c(=NC(=O)c2c(F)cccc2F)sc2cc(C(=O)OCC)ccc21. The first-order valence-electron chi connectivity index (χ1n) is 9.37. The lowest BCUT2D eigenvalue weighted by atomic mass is 10.2. The second-order valence-corrected chi connectivity index (χ2v) is 7.16. The van der Waals surface area contributed by atoms with Crippen LogP contribution in [0.3, 0.4) is 0 Å². The van der Waals surface area contributed by atoms with Gasteiger partial charge in [-0.05, 0) is 44.2 Å². The number of aromatic nitrogens is 1. The van der Waals surface area contributed by atoms with Crippen LogP contribution in [0, 0.1) is 11.6 Å². The molecular formula is C21H20F2N2O4S. The van der Waals surface area contributed by atoms with Crippen LogP contribution < -0.4 is 4.80 Å². The molecule has 0 saturated carbocycles. The van der Waals surface area contributed by atoms with Crippen molar-refractivity contribution in [1.29, 1.82) is 0 Å². The lowest BCUT2D eigenvalue weighted by Gasteiger charge is -2.06. The molecule has 0 aliphatic carbocycles. The van der Waals surface area contributed by atoms with Crippen LogP contribution in [0.25, 0.3) is 10.2 Å². The van der Waals surface area contributed by atoms with Crippen molar-refractivity contribution < 1.29 is 27.8 Å². The molecule has 3 aromatic rings. The molecule has 0 fully saturated rings. The van der Waals surface area contributed by atoms with Gasteiger partial charge in [-0.25, -0.2) is 13.6 Å². The van der Waals surface area contributed by atoms with Gasteiger partial charge in [0.05, 0.1) is 29.0 Å². The number of carbonyl (C=O) groups excluding carboxylic acids is 2. The molecule has 1 heterocycles. The van der Waals surface area contributed by atoms with Crippen molar-refractivity contribution in [3.63, 3.8) is 0 Å². The number of halogens is 2. The van der Waals surface area contributed by atoms with Crippen LogP contribution in [-0.4, -0.2) is 36.3 Å². The van der Waals surface area contributed by atoms with Crippen LogP contribution in [0.1, 0.15) is 34.6 Å². The van der Waals surface area contributed by atoms with Gasteiger partial charge >= 0.3 is 5.97 Å². The van der Waals surface area contributed by atoms with Gasteiger partial charge in [0.1, 0.15) is 17.2 Å². The van der Waals surface area contributed by atoms with Crippen LogP contribution in [0.15, 0.2) is 41.4 Å². The van der Waals surface area contributed by atoms with Gasteiger partial charge in [-0.1, -0.05) is 17.4 Å². The normalized spacial score (nSPS) is 11.8. The summed E-state index contributed by atoms with van der Waals surface area (Å²) in [5.74, 6) is -3.43. The van der Waals surface area contributed by atoms with Gasteiger partial charge < -0.3 is 14.0 Å². The van der Waals surface area contributed by atoms with E-state index in [1.807, 2.05) is 6.92 Å². The monoisotopic (exact) mass is 434 g/mol. The molecule has 1 aromatic heterocycles. The van der Waals surface area contributed by atoms with E-state index in [0.717, 1.165) is 23.5 Å². The van der Waals surface area contributed by atoms with Crippen molar-refractivity contribution in [2.45, 2.75) is 20.4 Å². The second-order valence-electron chi connectivity index (χ2n) is 6.15. The minimum absolute atomic E-state index is 0.248.